The molecule has 0 spiro atoms. The molecule has 2 atom stereocenters. The minimum absolute atomic E-state index is 0. The number of hydrogen-bond donors (Lipinski definition) is 2. The molecule has 29 heavy (non-hydrogen) atoms. The first-order valence-electron chi connectivity index (χ1n) is 9.93. The highest BCUT2D eigenvalue weighted by molar-refractivity contribution is 5.93. The molecule has 1 fully saturated rings. The lowest BCUT2D eigenvalue weighted by atomic mass is 9.94. The molecule has 1 aliphatic rings. The number of carbonyl (C=O) groups is 2. The Morgan fingerprint density at radius 3 is 2.34 bits per heavy atom. The molecule has 2 amide bonds. The number of hydrogen-bond acceptors (Lipinski definition) is 2. The summed E-state index contributed by atoms with van der Waals surface area (Å²) in [6.07, 6.45) is 1.71. The van der Waals surface area contributed by atoms with Crippen molar-refractivity contribution in [3.8, 4) is 0 Å². The number of nitrogens with one attached hydrogen (secondary N) is 1. The van der Waals surface area contributed by atoms with Crippen molar-refractivity contribution in [3.05, 3.63) is 65.2 Å². The molecule has 1 saturated heterocycles. The molecule has 0 saturated carbocycles. The zero-order chi connectivity index (χ0) is 20.1. The van der Waals surface area contributed by atoms with E-state index in [4.69, 9.17) is 5.73 Å². The van der Waals surface area contributed by atoms with E-state index in [0.717, 1.165) is 42.7 Å². The number of para-hydroxylation sites is 1. The predicted molar refractivity (Wildman–Crippen MR) is 111 cm³/mol. The molecule has 156 valence electrons. The smallest absolute Gasteiger partial charge is 0.279 e. The van der Waals surface area contributed by atoms with Gasteiger partial charge in [-0.25, -0.2) is 0 Å². The van der Waals surface area contributed by atoms with Crippen LogP contribution in [0, 0.1) is 19.8 Å². The average Bonchev–Trinajstić information content (AvgIpc) is 2.65. The minimum Gasteiger partial charge on any atom is -1.00 e. The summed E-state index contributed by atoms with van der Waals surface area (Å²) in [6, 6.07) is 16.2. The van der Waals surface area contributed by atoms with Gasteiger partial charge in [0.15, 0.2) is 6.54 Å². The first-order valence-corrected chi connectivity index (χ1v) is 9.93. The van der Waals surface area contributed by atoms with Crippen LogP contribution in [0.3, 0.4) is 0 Å². The molecule has 0 radical (unpaired) electrons. The first-order chi connectivity index (χ1) is 13.4. The molecular formula is C23H30BrN3O2. The van der Waals surface area contributed by atoms with Gasteiger partial charge < -0.3 is 32.5 Å². The molecule has 0 bridgehead atoms. The maximum absolute atomic E-state index is 13.0. The number of carbonyl (C=O) groups excluding carboxylic acids is 2. The Morgan fingerprint density at radius 2 is 1.72 bits per heavy atom. The van der Waals surface area contributed by atoms with Gasteiger partial charge in [-0.3, -0.25) is 9.59 Å². The van der Waals surface area contributed by atoms with Crippen molar-refractivity contribution in [2.75, 3.05) is 25.0 Å². The summed E-state index contributed by atoms with van der Waals surface area (Å²) in [7, 11) is 0. The predicted octanol–water partition coefficient (Wildman–Crippen LogP) is 0.158. The number of piperidine rings is 1. The number of aryl methyl sites for hydroxylation is 2. The van der Waals surface area contributed by atoms with E-state index in [1.165, 1.54) is 5.56 Å². The number of quaternary nitrogens is 1. The molecule has 3 N–H and O–H groups in total. The van der Waals surface area contributed by atoms with Gasteiger partial charge in [-0.15, -0.1) is 0 Å². The van der Waals surface area contributed by atoms with Crippen LogP contribution in [0.15, 0.2) is 48.5 Å². The third-order valence-corrected chi connectivity index (χ3v) is 5.78. The molecule has 2 aromatic rings. The number of nitrogens with zero attached hydrogens (tertiary/aromatic N) is 1. The van der Waals surface area contributed by atoms with Gasteiger partial charge in [0, 0.05) is 11.3 Å². The van der Waals surface area contributed by atoms with Gasteiger partial charge in [0.05, 0.1) is 19.0 Å². The molecule has 1 aliphatic heterocycles. The van der Waals surface area contributed by atoms with Gasteiger partial charge in [-0.1, -0.05) is 48.5 Å². The number of amides is 2. The second-order valence-corrected chi connectivity index (χ2v) is 8.11. The number of rotatable bonds is 6. The van der Waals surface area contributed by atoms with E-state index in [-0.39, 0.29) is 34.7 Å². The zero-order valence-corrected chi connectivity index (χ0v) is 18.7. The fraction of sp³-hybridized carbons (Fsp3) is 0.391. The number of primary amides is 1. The van der Waals surface area contributed by atoms with Crippen LogP contribution in [0.25, 0.3) is 0 Å². The Labute approximate surface area is 183 Å². The number of benzene rings is 2. The Hall–Kier alpha value is -2.18. The summed E-state index contributed by atoms with van der Waals surface area (Å²) in [5.74, 6) is -0.450. The fourth-order valence-corrected chi connectivity index (χ4v) is 4.36. The number of anilines is 1. The standard InChI is InChI=1S/C23H29N3O2.BrH/c1-17-8-6-9-18(2)22(17)25-21(27)16-26(14-19-10-4-3-5-11-19)13-7-12-20(15-26)23(24)28;/h3-6,8-11,20H,7,12-16H2,1-2H3,(H2-,24,25,27,28);1H. The number of nitrogens with two attached hydrogens (primary N) is 1. The van der Waals surface area contributed by atoms with E-state index >= 15 is 0 Å². The quantitative estimate of drug-likeness (QED) is 0.603. The van der Waals surface area contributed by atoms with Crippen LogP contribution >= 0.6 is 0 Å². The van der Waals surface area contributed by atoms with Crippen molar-refractivity contribution in [2.24, 2.45) is 11.7 Å². The summed E-state index contributed by atoms with van der Waals surface area (Å²) in [6.45, 7) is 6.56. The van der Waals surface area contributed by atoms with Gasteiger partial charge in [0.2, 0.25) is 5.91 Å². The molecule has 0 aliphatic carbocycles. The van der Waals surface area contributed by atoms with Crippen LogP contribution in [0.4, 0.5) is 5.69 Å². The molecular weight excluding hydrogens is 430 g/mol. The van der Waals surface area contributed by atoms with Crippen molar-refractivity contribution in [2.45, 2.75) is 33.2 Å². The minimum atomic E-state index is -0.259. The SMILES string of the molecule is Cc1cccc(C)c1NC(=O)C[N+]1(Cc2ccccc2)CCCC(C(N)=O)C1.[Br-]. The van der Waals surface area contributed by atoms with E-state index in [1.54, 1.807) is 0 Å². The van der Waals surface area contributed by atoms with E-state index in [1.807, 2.05) is 50.2 Å². The van der Waals surface area contributed by atoms with E-state index in [0.29, 0.717) is 17.6 Å². The van der Waals surface area contributed by atoms with Gasteiger partial charge in [0.1, 0.15) is 6.54 Å². The summed E-state index contributed by atoms with van der Waals surface area (Å²) >= 11 is 0. The summed E-state index contributed by atoms with van der Waals surface area (Å²) in [5, 5.41) is 3.11. The lowest BCUT2D eigenvalue weighted by Gasteiger charge is -2.43. The van der Waals surface area contributed by atoms with Gasteiger partial charge in [-0.2, -0.15) is 0 Å². The normalized spacial score (nSPS) is 21.1. The molecule has 2 aromatic carbocycles. The summed E-state index contributed by atoms with van der Waals surface area (Å²) < 4.78 is 0.564. The Kier molecular flexibility index (Phi) is 7.99. The molecule has 1 heterocycles. The lowest BCUT2D eigenvalue weighted by molar-refractivity contribution is -0.940. The highest BCUT2D eigenvalue weighted by atomic mass is 79.9. The van der Waals surface area contributed by atoms with E-state index in [9.17, 15) is 9.59 Å². The van der Waals surface area contributed by atoms with E-state index in [2.05, 4.69) is 17.4 Å². The van der Waals surface area contributed by atoms with Gasteiger partial charge in [-0.05, 0) is 37.8 Å². The Morgan fingerprint density at radius 1 is 1.07 bits per heavy atom. The highest BCUT2D eigenvalue weighted by Crippen LogP contribution is 2.27. The second kappa shape index (κ2) is 10.0. The van der Waals surface area contributed by atoms with Crippen molar-refractivity contribution in [1.82, 2.24) is 0 Å². The van der Waals surface area contributed by atoms with Crippen LogP contribution in [0.2, 0.25) is 0 Å². The molecule has 6 heteroatoms. The second-order valence-electron chi connectivity index (χ2n) is 8.11. The van der Waals surface area contributed by atoms with Crippen molar-refractivity contribution in [1.29, 1.82) is 0 Å². The lowest BCUT2D eigenvalue weighted by Crippen LogP contribution is -3.00. The van der Waals surface area contributed by atoms with Crippen molar-refractivity contribution < 1.29 is 31.1 Å². The van der Waals surface area contributed by atoms with Gasteiger partial charge in [0.25, 0.3) is 5.91 Å². The van der Waals surface area contributed by atoms with E-state index < -0.39 is 0 Å². The third kappa shape index (κ3) is 5.90. The molecule has 2 unspecified atom stereocenters. The molecule has 5 nitrogen and oxygen atoms in total. The van der Waals surface area contributed by atoms with Crippen LogP contribution in [-0.4, -0.2) is 35.9 Å². The number of likely N-dealkylation sites (tertiary alicyclic amines) is 1. The van der Waals surface area contributed by atoms with Gasteiger partial charge >= 0.3 is 0 Å². The summed E-state index contributed by atoms with van der Waals surface area (Å²) in [5.41, 5.74) is 9.79. The maximum Gasteiger partial charge on any atom is 0.279 e. The first kappa shape index (κ1) is 23.1. The Bertz CT molecular complexity index is 836. The summed E-state index contributed by atoms with van der Waals surface area (Å²) in [4.78, 5) is 24.9. The number of halogens is 1. The zero-order valence-electron chi connectivity index (χ0n) is 17.2. The highest BCUT2D eigenvalue weighted by Gasteiger charge is 2.39. The average molecular weight is 460 g/mol. The largest absolute Gasteiger partial charge is 1.00 e. The van der Waals surface area contributed by atoms with Crippen LogP contribution in [0.5, 0.6) is 0 Å². The van der Waals surface area contributed by atoms with Crippen molar-refractivity contribution in [3.63, 3.8) is 0 Å². The molecule has 3 rings (SSSR count). The Balaban J connectivity index is 0.00000300. The van der Waals surface area contributed by atoms with Crippen LogP contribution < -0.4 is 28.0 Å². The van der Waals surface area contributed by atoms with Crippen LogP contribution in [-0.2, 0) is 16.1 Å². The maximum atomic E-state index is 13.0. The third-order valence-electron chi connectivity index (χ3n) is 5.78. The fourth-order valence-electron chi connectivity index (χ4n) is 4.36. The topological polar surface area (TPSA) is 72.2 Å². The van der Waals surface area contributed by atoms with Crippen molar-refractivity contribution >= 4 is 17.5 Å². The van der Waals surface area contributed by atoms with Crippen LogP contribution in [0.1, 0.15) is 29.5 Å². The monoisotopic (exact) mass is 459 g/mol. The molecule has 0 aromatic heterocycles.